The molecule has 3 N–H and O–H groups in total. The minimum Gasteiger partial charge on any atom is -0.399 e. The normalized spacial score (nSPS) is 11.6. The summed E-state index contributed by atoms with van der Waals surface area (Å²) in [6, 6.07) is 3.91. The molecule has 0 bridgehead atoms. The van der Waals surface area contributed by atoms with Crippen LogP contribution in [0, 0.1) is 19.7 Å². The predicted octanol–water partition coefficient (Wildman–Crippen LogP) is 1.29. The molecule has 0 aliphatic heterocycles. The van der Waals surface area contributed by atoms with Crippen LogP contribution in [0.2, 0.25) is 0 Å². The molecule has 112 valence electrons. The van der Waals surface area contributed by atoms with Crippen molar-refractivity contribution >= 4 is 15.7 Å². The summed E-state index contributed by atoms with van der Waals surface area (Å²) < 4.78 is 40.4. The van der Waals surface area contributed by atoms with E-state index in [1.54, 1.807) is 13.0 Å². The van der Waals surface area contributed by atoms with Gasteiger partial charge in [-0.25, -0.2) is 27.5 Å². The van der Waals surface area contributed by atoms with Gasteiger partial charge in [-0.3, -0.25) is 0 Å². The first-order valence-electron chi connectivity index (χ1n) is 6.13. The third-order valence-electron chi connectivity index (χ3n) is 2.89. The highest BCUT2D eigenvalue weighted by Gasteiger charge is 2.19. The number of sulfonamides is 1. The van der Waals surface area contributed by atoms with Crippen molar-refractivity contribution in [1.82, 2.24) is 14.7 Å². The Morgan fingerprint density at radius 1 is 1.33 bits per heavy atom. The van der Waals surface area contributed by atoms with Crippen LogP contribution in [0.1, 0.15) is 17.1 Å². The maximum absolute atomic E-state index is 13.6. The van der Waals surface area contributed by atoms with Crippen molar-refractivity contribution in [3.8, 4) is 0 Å². The molecule has 0 saturated heterocycles. The largest absolute Gasteiger partial charge is 0.399 e. The molecule has 0 aliphatic carbocycles. The molecule has 0 fully saturated rings. The number of rotatable bonds is 4. The molecule has 0 radical (unpaired) electrons. The number of nitrogens with one attached hydrogen (secondary N) is 1. The monoisotopic (exact) mass is 310 g/mol. The molecule has 1 aromatic carbocycles. The zero-order valence-corrected chi connectivity index (χ0v) is 12.4. The molecule has 0 aliphatic rings. The van der Waals surface area contributed by atoms with E-state index in [2.05, 4.69) is 14.7 Å². The summed E-state index contributed by atoms with van der Waals surface area (Å²) in [4.78, 5) is 7.84. The van der Waals surface area contributed by atoms with E-state index in [-0.39, 0.29) is 22.7 Å². The Morgan fingerprint density at radius 2 is 2.05 bits per heavy atom. The highest BCUT2D eigenvalue weighted by molar-refractivity contribution is 7.89. The Morgan fingerprint density at radius 3 is 2.71 bits per heavy atom. The zero-order valence-electron chi connectivity index (χ0n) is 11.6. The van der Waals surface area contributed by atoms with E-state index >= 15 is 0 Å². The molecule has 6 nitrogen and oxygen atoms in total. The third-order valence-corrected chi connectivity index (χ3v) is 4.41. The number of halogens is 1. The molecule has 21 heavy (non-hydrogen) atoms. The van der Waals surface area contributed by atoms with Gasteiger partial charge in [-0.2, -0.15) is 0 Å². The average Bonchev–Trinajstić information content (AvgIpc) is 2.41. The molecule has 0 saturated carbocycles. The molecular formula is C13H15FN4O2S. The minimum atomic E-state index is -3.88. The van der Waals surface area contributed by atoms with Gasteiger partial charge in [0, 0.05) is 17.4 Å². The van der Waals surface area contributed by atoms with Crippen molar-refractivity contribution in [1.29, 1.82) is 0 Å². The predicted molar refractivity (Wildman–Crippen MR) is 76.3 cm³/mol. The standard InChI is InChI=1S/C13H15FN4O2S/c1-8-12(14)5-10(15)6-13(8)21(19,20)17-7-11-3-4-16-9(2)18-11/h3-6,17H,7,15H2,1-2H3. The highest BCUT2D eigenvalue weighted by Crippen LogP contribution is 2.21. The van der Waals surface area contributed by atoms with Gasteiger partial charge in [0.05, 0.1) is 17.1 Å². The van der Waals surface area contributed by atoms with Crippen LogP contribution in [-0.2, 0) is 16.6 Å². The van der Waals surface area contributed by atoms with E-state index in [0.29, 0.717) is 11.5 Å². The number of hydrogen-bond donors (Lipinski definition) is 2. The number of aromatic nitrogens is 2. The molecule has 0 atom stereocenters. The lowest BCUT2D eigenvalue weighted by atomic mass is 10.2. The topological polar surface area (TPSA) is 98.0 Å². The Hall–Kier alpha value is -2.06. The van der Waals surface area contributed by atoms with Crippen LogP contribution in [0.25, 0.3) is 0 Å². The lowest BCUT2D eigenvalue weighted by Gasteiger charge is -2.10. The van der Waals surface area contributed by atoms with Gasteiger partial charge in [0.25, 0.3) is 0 Å². The van der Waals surface area contributed by atoms with Gasteiger partial charge in [0.2, 0.25) is 10.0 Å². The molecule has 0 unspecified atom stereocenters. The minimum absolute atomic E-state index is 0.0123. The molecule has 1 aromatic heterocycles. The van der Waals surface area contributed by atoms with Gasteiger partial charge in [-0.05, 0) is 32.0 Å². The SMILES string of the molecule is Cc1nccc(CNS(=O)(=O)c2cc(N)cc(F)c2C)n1. The van der Waals surface area contributed by atoms with Crippen LogP contribution in [0.15, 0.2) is 29.3 Å². The second-order valence-corrected chi connectivity index (χ2v) is 6.28. The number of anilines is 1. The first kappa shape index (κ1) is 15.3. The summed E-state index contributed by atoms with van der Waals surface area (Å²) in [5.74, 6) is -0.119. The Kier molecular flexibility index (Phi) is 4.19. The van der Waals surface area contributed by atoms with Gasteiger partial charge in [-0.15, -0.1) is 0 Å². The summed E-state index contributed by atoms with van der Waals surface area (Å²) in [5, 5.41) is 0. The molecule has 0 spiro atoms. The van der Waals surface area contributed by atoms with Crippen LogP contribution in [0.5, 0.6) is 0 Å². The van der Waals surface area contributed by atoms with Gasteiger partial charge in [0.1, 0.15) is 11.6 Å². The number of nitrogens with two attached hydrogens (primary N) is 1. The molecule has 1 heterocycles. The fraction of sp³-hybridized carbons (Fsp3) is 0.231. The average molecular weight is 310 g/mol. The maximum Gasteiger partial charge on any atom is 0.241 e. The molecule has 8 heteroatoms. The van der Waals surface area contributed by atoms with Gasteiger partial charge in [0.15, 0.2) is 0 Å². The molecule has 2 rings (SSSR count). The van der Waals surface area contributed by atoms with Crippen LogP contribution in [0.4, 0.5) is 10.1 Å². The van der Waals surface area contributed by atoms with Crippen molar-refractivity contribution in [2.75, 3.05) is 5.73 Å². The number of aryl methyl sites for hydroxylation is 1. The van der Waals surface area contributed by atoms with E-state index in [4.69, 9.17) is 5.73 Å². The summed E-state index contributed by atoms with van der Waals surface area (Å²) in [7, 11) is -3.88. The first-order valence-corrected chi connectivity index (χ1v) is 7.62. The van der Waals surface area contributed by atoms with E-state index in [1.807, 2.05) is 0 Å². The summed E-state index contributed by atoms with van der Waals surface area (Å²) in [6.07, 6.45) is 1.54. The van der Waals surface area contributed by atoms with Crippen LogP contribution in [-0.4, -0.2) is 18.4 Å². The maximum atomic E-state index is 13.6. The smallest absolute Gasteiger partial charge is 0.241 e. The molecule has 0 amide bonds. The van der Waals surface area contributed by atoms with Gasteiger partial charge in [-0.1, -0.05) is 0 Å². The summed E-state index contributed by atoms with van der Waals surface area (Å²) in [6.45, 7) is 3.08. The van der Waals surface area contributed by atoms with E-state index < -0.39 is 15.8 Å². The fourth-order valence-electron chi connectivity index (χ4n) is 1.80. The molecule has 2 aromatic rings. The van der Waals surface area contributed by atoms with Crippen LogP contribution < -0.4 is 10.5 Å². The number of hydrogen-bond acceptors (Lipinski definition) is 5. The van der Waals surface area contributed by atoms with Crippen molar-refractivity contribution in [3.05, 3.63) is 47.3 Å². The lowest BCUT2D eigenvalue weighted by Crippen LogP contribution is -2.25. The number of nitrogens with zero attached hydrogens (tertiary/aromatic N) is 2. The Balaban J connectivity index is 2.27. The van der Waals surface area contributed by atoms with E-state index in [0.717, 1.165) is 6.07 Å². The zero-order chi connectivity index (χ0) is 15.6. The number of nitrogen functional groups attached to an aromatic ring is 1. The highest BCUT2D eigenvalue weighted by atomic mass is 32.2. The third kappa shape index (κ3) is 3.53. The second kappa shape index (κ2) is 5.74. The van der Waals surface area contributed by atoms with Gasteiger partial charge >= 0.3 is 0 Å². The van der Waals surface area contributed by atoms with Crippen molar-refractivity contribution in [2.24, 2.45) is 0 Å². The number of benzene rings is 1. The van der Waals surface area contributed by atoms with Gasteiger partial charge < -0.3 is 5.73 Å². The molecular weight excluding hydrogens is 295 g/mol. The second-order valence-electron chi connectivity index (χ2n) is 4.55. The van der Waals surface area contributed by atoms with Crippen LogP contribution >= 0.6 is 0 Å². The van der Waals surface area contributed by atoms with Crippen molar-refractivity contribution < 1.29 is 12.8 Å². The Labute approximate surface area is 122 Å². The van der Waals surface area contributed by atoms with E-state index in [1.165, 1.54) is 19.2 Å². The summed E-state index contributed by atoms with van der Waals surface area (Å²) >= 11 is 0. The first-order chi connectivity index (χ1) is 9.79. The van der Waals surface area contributed by atoms with Crippen molar-refractivity contribution in [2.45, 2.75) is 25.3 Å². The van der Waals surface area contributed by atoms with E-state index in [9.17, 15) is 12.8 Å². The summed E-state index contributed by atoms with van der Waals surface area (Å²) in [5.41, 5.74) is 6.10. The van der Waals surface area contributed by atoms with Crippen LogP contribution in [0.3, 0.4) is 0 Å². The Bertz CT molecular complexity index is 778. The lowest BCUT2D eigenvalue weighted by molar-refractivity contribution is 0.573. The fourth-order valence-corrected chi connectivity index (χ4v) is 3.09. The van der Waals surface area contributed by atoms with Crippen molar-refractivity contribution in [3.63, 3.8) is 0 Å². The quantitative estimate of drug-likeness (QED) is 0.829.